The number of nitrogens with zero attached hydrogens (tertiary/aromatic N) is 4. The van der Waals surface area contributed by atoms with Crippen molar-refractivity contribution in [3.05, 3.63) is 158 Å². The van der Waals surface area contributed by atoms with E-state index in [9.17, 15) is 0 Å². The summed E-state index contributed by atoms with van der Waals surface area (Å²) in [5.74, 6) is 1.89. The van der Waals surface area contributed by atoms with Crippen LogP contribution in [0.2, 0.25) is 0 Å². The summed E-state index contributed by atoms with van der Waals surface area (Å²) < 4.78 is 2.24. The highest BCUT2D eigenvalue weighted by Gasteiger charge is 2.23. The minimum Gasteiger partial charge on any atom is -0.278 e. The molecular formula is C45H26N4. The highest BCUT2D eigenvalue weighted by atomic mass is 15.2. The first-order chi connectivity index (χ1) is 24.3. The molecule has 0 aliphatic heterocycles. The van der Waals surface area contributed by atoms with Crippen LogP contribution in [0.15, 0.2) is 158 Å². The van der Waals surface area contributed by atoms with Gasteiger partial charge in [-0.1, -0.05) is 133 Å². The van der Waals surface area contributed by atoms with Gasteiger partial charge in [-0.3, -0.25) is 4.57 Å². The summed E-state index contributed by atoms with van der Waals surface area (Å²) in [6.45, 7) is 0. The van der Waals surface area contributed by atoms with E-state index in [1.807, 2.05) is 0 Å². The van der Waals surface area contributed by atoms with E-state index in [-0.39, 0.29) is 0 Å². The van der Waals surface area contributed by atoms with E-state index in [1.54, 1.807) is 0 Å². The molecule has 0 atom stereocenters. The van der Waals surface area contributed by atoms with E-state index in [0.717, 1.165) is 32.9 Å². The zero-order chi connectivity index (χ0) is 32.1. The molecule has 0 saturated heterocycles. The van der Waals surface area contributed by atoms with Crippen LogP contribution in [-0.4, -0.2) is 19.5 Å². The molecule has 0 radical (unpaired) electrons. The average Bonchev–Trinajstić information content (AvgIpc) is 3.52. The normalized spacial score (nSPS) is 12.1. The lowest BCUT2D eigenvalue weighted by Gasteiger charge is -2.11. The van der Waals surface area contributed by atoms with Gasteiger partial charge in [-0.15, -0.1) is 0 Å². The zero-order valence-corrected chi connectivity index (χ0v) is 26.3. The quantitative estimate of drug-likeness (QED) is 0.184. The first-order valence-electron chi connectivity index (χ1n) is 16.6. The molecule has 2 aromatic heterocycles. The van der Waals surface area contributed by atoms with Crippen molar-refractivity contribution < 1.29 is 0 Å². The molecule has 49 heavy (non-hydrogen) atoms. The molecule has 0 amide bonds. The second-order valence-corrected chi connectivity index (χ2v) is 12.9. The van der Waals surface area contributed by atoms with Crippen molar-refractivity contribution in [1.82, 2.24) is 19.5 Å². The van der Waals surface area contributed by atoms with Crippen molar-refractivity contribution in [2.24, 2.45) is 0 Å². The summed E-state index contributed by atoms with van der Waals surface area (Å²) in [7, 11) is 0. The van der Waals surface area contributed by atoms with Crippen LogP contribution in [0.3, 0.4) is 0 Å². The Kier molecular flexibility index (Phi) is 5.35. The predicted octanol–water partition coefficient (Wildman–Crippen LogP) is 11.5. The Hall–Kier alpha value is -6.65. The average molecular weight is 623 g/mol. The second kappa shape index (κ2) is 9.93. The first-order valence-corrected chi connectivity index (χ1v) is 16.6. The molecule has 4 heteroatoms. The number of fused-ring (bicyclic) bond motifs is 7. The van der Waals surface area contributed by atoms with Gasteiger partial charge >= 0.3 is 0 Å². The third kappa shape index (κ3) is 3.83. The van der Waals surface area contributed by atoms with Crippen molar-refractivity contribution in [1.29, 1.82) is 0 Å². The van der Waals surface area contributed by atoms with Gasteiger partial charge in [0.25, 0.3) is 0 Å². The predicted molar refractivity (Wildman–Crippen MR) is 204 cm³/mol. The molecule has 226 valence electrons. The third-order valence-electron chi connectivity index (χ3n) is 10.1. The number of hydrogen-bond acceptors (Lipinski definition) is 3. The fourth-order valence-corrected chi connectivity index (χ4v) is 7.92. The first kappa shape index (κ1) is 26.4. The molecule has 4 nitrogen and oxygen atoms in total. The van der Waals surface area contributed by atoms with Crippen LogP contribution >= 0.6 is 0 Å². The maximum atomic E-state index is 5.26. The maximum absolute atomic E-state index is 5.26. The molecule has 0 bridgehead atoms. The van der Waals surface area contributed by atoms with Crippen LogP contribution in [0.1, 0.15) is 0 Å². The third-order valence-corrected chi connectivity index (χ3v) is 10.1. The van der Waals surface area contributed by atoms with Gasteiger partial charge in [0.2, 0.25) is 5.95 Å². The number of hydrogen-bond donors (Lipinski definition) is 0. The van der Waals surface area contributed by atoms with E-state index in [4.69, 9.17) is 15.0 Å². The molecule has 0 unspecified atom stereocenters. The minimum atomic E-state index is 0.603. The van der Waals surface area contributed by atoms with Crippen molar-refractivity contribution in [2.75, 3.05) is 0 Å². The van der Waals surface area contributed by atoms with E-state index in [1.165, 1.54) is 53.9 Å². The van der Waals surface area contributed by atoms with E-state index >= 15 is 0 Å². The molecule has 11 aromatic rings. The fraction of sp³-hybridized carbons (Fsp3) is 0. The molecule has 0 spiro atoms. The van der Waals surface area contributed by atoms with Gasteiger partial charge < -0.3 is 0 Å². The zero-order valence-electron chi connectivity index (χ0n) is 26.3. The summed E-state index contributed by atoms with van der Waals surface area (Å²) in [6, 6.07) is 56.2. The standard InChI is InChI=1S/C45H26N4/c1-3-12-30-25-32(21-19-27(30)9-1)43-46-44(33-22-20-28-10-2-4-13-31(28)26-33)48-45(47-43)49-38-17-7-15-35-36-24-23-29-11-5-6-14-34(29)40(36)37-16-8-18-39(49)42(37)41(35)38/h1-26H. The van der Waals surface area contributed by atoms with E-state index in [2.05, 4.69) is 162 Å². The Bertz CT molecular complexity index is 3020. The van der Waals surface area contributed by atoms with Gasteiger partial charge in [-0.05, 0) is 78.1 Å². The molecule has 2 heterocycles. The van der Waals surface area contributed by atoms with Crippen LogP contribution < -0.4 is 0 Å². The van der Waals surface area contributed by atoms with Gasteiger partial charge in [0.05, 0.1) is 11.0 Å². The van der Waals surface area contributed by atoms with E-state index < -0.39 is 0 Å². The minimum absolute atomic E-state index is 0.603. The van der Waals surface area contributed by atoms with Gasteiger partial charge in [-0.25, -0.2) is 4.98 Å². The Morgan fingerprint density at radius 2 is 0.816 bits per heavy atom. The summed E-state index contributed by atoms with van der Waals surface area (Å²) >= 11 is 0. The molecular weight excluding hydrogens is 597 g/mol. The van der Waals surface area contributed by atoms with Crippen molar-refractivity contribution in [3.63, 3.8) is 0 Å². The van der Waals surface area contributed by atoms with Crippen LogP contribution in [0.4, 0.5) is 0 Å². The maximum Gasteiger partial charge on any atom is 0.238 e. The van der Waals surface area contributed by atoms with Crippen LogP contribution in [0.5, 0.6) is 0 Å². The Labute approximate surface area is 280 Å². The fourth-order valence-electron chi connectivity index (χ4n) is 7.92. The van der Waals surface area contributed by atoms with Crippen LogP contribution in [-0.2, 0) is 0 Å². The summed E-state index contributed by atoms with van der Waals surface area (Å²) in [5.41, 5.74) is 4.07. The van der Waals surface area contributed by atoms with Gasteiger partial charge in [0, 0.05) is 21.9 Å². The SMILES string of the molecule is c1ccc2cc(-c3nc(-c4ccc5ccccc5c4)nc(-n4c5cccc6c7ccc8ccccc8c7c7cccc4c7c65)n3)ccc2c1. The number of benzene rings is 9. The number of rotatable bonds is 3. The van der Waals surface area contributed by atoms with Crippen molar-refractivity contribution >= 4 is 75.7 Å². The summed E-state index contributed by atoms with van der Waals surface area (Å²) in [5, 5.41) is 14.7. The molecule has 9 aromatic carbocycles. The number of aromatic nitrogens is 4. The van der Waals surface area contributed by atoms with Gasteiger partial charge in [0.15, 0.2) is 11.6 Å². The topological polar surface area (TPSA) is 43.6 Å². The molecule has 11 rings (SSSR count). The lowest BCUT2D eigenvalue weighted by atomic mass is 9.91. The Balaban J connectivity index is 1.25. The second-order valence-electron chi connectivity index (χ2n) is 12.9. The molecule has 0 aliphatic carbocycles. The highest BCUT2D eigenvalue weighted by molar-refractivity contribution is 6.37. The molecule has 0 saturated carbocycles. The Morgan fingerprint density at radius 3 is 1.47 bits per heavy atom. The summed E-state index contributed by atoms with van der Waals surface area (Å²) in [6.07, 6.45) is 0. The van der Waals surface area contributed by atoms with Gasteiger partial charge in [-0.2, -0.15) is 9.97 Å². The smallest absolute Gasteiger partial charge is 0.238 e. The van der Waals surface area contributed by atoms with Crippen LogP contribution in [0.25, 0.3) is 104 Å². The van der Waals surface area contributed by atoms with E-state index in [0.29, 0.717) is 17.6 Å². The lowest BCUT2D eigenvalue weighted by molar-refractivity contribution is 0.954. The van der Waals surface area contributed by atoms with Crippen LogP contribution in [0, 0.1) is 0 Å². The molecule has 0 aliphatic rings. The molecule has 0 N–H and O–H groups in total. The lowest BCUT2D eigenvalue weighted by Crippen LogP contribution is -2.06. The largest absolute Gasteiger partial charge is 0.278 e. The molecule has 0 fully saturated rings. The monoisotopic (exact) mass is 622 g/mol. The van der Waals surface area contributed by atoms with Gasteiger partial charge in [0.1, 0.15) is 0 Å². The van der Waals surface area contributed by atoms with Crippen molar-refractivity contribution in [3.8, 4) is 28.7 Å². The highest BCUT2D eigenvalue weighted by Crippen LogP contribution is 2.45. The van der Waals surface area contributed by atoms with Crippen molar-refractivity contribution in [2.45, 2.75) is 0 Å². The summed E-state index contributed by atoms with van der Waals surface area (Å²) in [4.78, 5) is 15.7. The Morgan fingerprint density at radius 1 is 0.327 bits per heavy atom.